The van der Waals surface area contributed by atoms with Gasteiger partial charge in [0.15, 0.2) is 5.82 Å². The van der Waals surface area contributed by atoms with Gasteiger partial charge in [-0.15, -0.1) is 17.5 Å². The van der Waals surface area contributed by atoms with Crippen molar-refractivity contribution in [3.63, 3.8) is 0 Å². The molecule has 1 unspecified atom stereocenters. The molecule has 7 nitrogen and oxygen atoms in total. The van der Waals surface area contributed by atoms with Gasteiger partial charge >= 0.3 is 0 Å². The zero-order valence-corrected chi connectivity index (χ0v) is 16.0. The van der Waals surface area contributed by atoms with Gasteiger partial charge in [0.1, 0.15) is 5.75 Å². The molecule has 0 spiro atoms. The molecule has 1 aliphatic heterocycles. The average Bonchev–Trinajstić information content (AvgIpc) is 3.17. The molecule has 0 amide bonds. The zero-order chi connectivity index (χ0) is 17.8. The Kier molecular flexibility index (Phi) is 6.39. The van der Waals surface area contributed by atoms with Crippen LogP contribution in [0.1, 0.15) is 17.4 Å². The minimum atomic E-state index is 0. The summed E-state index contributed by atoms with van der Waals surface area (Å²) in [6, 6.07) is 18.4. The Hall–Kier alpha value is -2.48. The number of nitrogens with zero attached hydrogens (tertiary/aromatic N) is 5. The van der Waals surface area contributed by atoms with E-state index in [1.165, 1.54) is 5.56 Å². The third kappa shape index (κ3) is 4.10. The van der Waals surface area contributed by atoms with Crippen LogP contribution in [0, 0.1) is 0 Å². The molecule has 2 heterocycles. The van der Waals surface area contributed by atoms with Crippen LogP contribution in [0.4, 0.5) is 0 Å². The fraction of sp³-hybridized carbons (Fsp3) is 0.316. The van der Waals surface area contributed by atoms with Gasteiger partial charge in [0.05, 0.1) is 25.4 Å². The van der Waals surface area contributed by atoms with Gasteiger partial charge < -0.3 is 10.1 Å². The van der Waals surface area contributed by atoms with E-state index in [-0.39, 0.29) is 18.4 Å². The number of halogens is 1. The smallest absolute Gasteiger partial charge is 0.170 e. The fourth-order valence-corrected chi connectivity index (χ4v) is 3.44. The van der Waals surface area contributed by atoms with Crippen LogP contribution in [0.15, 0.2) is 54.6 Å². The molecule has 142 valence electrons. The van der Waals surface area contributed by atoms with Crippen molar-refractivity contribution in [3.8, 4) is 11.4 Å². The van der Waals surface area contributed by atoms with E-state index in [1.807, 2.05) is 42.5 Å². The Labute approximate surface area is 164 Å². The Morgan fingerprint density at radius 3 is 2.70 bits per heavy atom. The highest BCUT2D eigenvalue weighted by Crippen LogP contribution is 2.31. The van der Waals surface area contributed by atoms with Gasteiger partial charge in [0, 0.05) is 25.2 Å². The van der Waals surface area contributed by atoms with E-state index >= 15 is 0 Å². The van der Waals surface area contributed by atoms with Gasteiger partial charge in [-0.3, -0.25) is 4.90 Å². The molecule has 3 aromatic rings. The molecule has 1 saturated heterocycles. The lowest BCUT2D eigenvalue weighted by Gasteiger charge is -2.36. The van der Waals surface area contributed by atoms with Crippen LogP contribution >= 0.6 is 12.4 Å². The van der Waals surface area contributed by atoms with Gasteiger partial charge in [0.2, 0.25) is 0 Å². The first-order chi connectivity index (χ1) is 12.9. The van der Waals surface area contributed by atoms with Crippen molar-refractivity contribution >= 4 is 12.4 Å². The second-order valence-electron chi connectivity index (χ2n) is 6.27. The minimum Gasteiger partial charge on any atom is -0.496 e. The van der Waals surface area contributed by atoms with E-state index < -0.39 is 0 Å². The topological polar surface area (TPSA) is 68.1 Å². The summed E-state index contributed by atoms with van der Waals surface area (Å²) in [4.78, 5) is 2.40. The number of methoxy groups -OCH3 is 1. The number of ether oxygens (including phenoxy) is 1. The molecule has 1 fully saturated rings. The van der Waals surface area contributed by atoms with Gasteiger partial charge in [-0.2, -0.15) is 4.68 Å². The SMILES string of the molecule is COc1ccccc1C1CNCCN1Cc1nnnn1-c1ccccc1.Cl. The maximum Gasteiger partial charge on any atom is 0.170 e. The second kappa shape index (κ2) is 8.94. The lowest BCUT2D eigenvalue weighted by Crippen LogP contribution is -2.46. The Morgan fingerprint density at radius 1 is 1.11 bits per heavy atom. The number of aromatic nitrogens is 4. The zero-order valence-electron chi connectivity index (χ0n) is 15.2. The van der Waals surface area contributed by atoms with Gasteiger partial charge in [0.25, 0.3) is 0 Å². The monoisotopic (exact) mass is 386 g/mol. The van der Waals surface area contributed by atoms with Crippen molar-refractivity contribution in [3.05, 3.63) is 66.0 Å². The number of nitrogens with one attached hydrogen (secondary N) is 1. The van der Waals surface area contributed by atoms with E-state index in [0.717, 1.165) is 36.9 Å². The molecule has 0 aliphatic carbocycles. The molecule has 1 N–H and O–H groups in total. The largest absolute Gasteiger partial charge is 0.496 e. The lowest BCUT2D eigenvalue weighted by atomic mass is 10.0. The van der Waals surface area contributed by atoms with Crippen molar-refractivity contribution in [2.45, 2.75) is 12.6 Å². The number of piperazine rings is 1. The Bertz CT molecular complexity index is 856. The summed E-state index contributed by atoms with van der Waals surface area (Å²) < 4.78 is 7.38. The summed E-state index contributed by atoms with van der Waals surface area (Å²) in [5.74, 6) is 1.74. The summed E-state index contributed by atoms with van der Waals surface area (Å²) in [5.41, 5.74) is 2.15. The van der Waals surface area contributed by atoms with Gasteiger partial charge in [-0.05, 0) is 28.6 Å². The quantitative estimate of drug-likeness (QED) is 0.725. The van der Waals surface area contributed by atoms with Crippen LogP contribution in [-0.4, -0.2) is 51.9 Å². The molecule has 27 heavy (non-hydrogen) atoms. The molecule has 4 rings (SSSR count). The second-order valence-corrected chi connectivity index (χ2v) is 6.27. The van der Waals surface area contributed by atoms with Crippen LogP contribution < -0.4 is 10.1 Å². The van der Waals surface area contributed by atoms with E-state index in [9.17, 15) is 0 Å². The Balaban J connectivity index is 0.00000210. The van der Waals surface area contributed by atoms with Crippen LogP contribution in [0.5, 0.6) is 5.75 Å². The molecule has 1 aliphatic rings. The highest BCUT2D eigenvalue weighted by atomic mass is 35.5. The summed E-state index contributed by atoms with van der Waals surface area (Å²) >= 11 is 0. The third-order valence-corrected chi connectivity index (χ3v) is 4.73. The van der Waals surface area contributed by atoms with Crippen LogP contribution in [-0.2, 0) is 6.54 Å². The first-order valence-corrected chi connectivity index (χ1v) is 8.77. The normalized spacial score (nSPS) is 17.3. The number of tetrazole rings is 1. The highest BCUT2D eigenvalue weighted by Gasteiger charge is 2.27. The molecule has 0 radical (unpaired) electrons. The standard InChI is InChI=1S/C19H22N6O.ClH/c1-26-18-10-6-5-9-16(18)17-13-20-11-12-24(17)14-19-21-22-23-25(19)15-7-3-2-4-8-15;/h2-10,17,20H,11-14H2,1H3;1H. The summed E-state index contributed by atoms with van der Waals surface area (Å²) in [6.07, 6.45) is 0. The van der Waals surface area contributed by atoms with Gasteiger partial charge in [-0.25, -0.2) is 0 Å². The van der Waals surface area contributed by atoms with Crippen molar-refractivity contribution in [2.24, 2.45) is 0 Å². The molecule has 8 heteroatoms. The Morgan fingerprint density at radius 2 is 1.89 bits per heavy atom. The summed E-state index contributed by atoms with van der Waals surface area (Å²) in [7, 11) is 1.72. The fourth-order valence-electron chi connectivity index (χ4n) is 3.44. The van der Waals surface area contributed by atoms with Crippen LogP contribution in [0.25, 0.3) is 5.69 Å². The number of hydrogen-bond donors (Lipinski definition) is 1. The first-order valence-electron chi connectivity index (χ1n) is 8.77. The van der Waals surface area contributed by atoms with E-state index in [1.54, 1.807) is 11.8 Å². The van der Waals surface area contributed by atoms with E-state index in [0.29, 0.717) is 6.54 Å². The molecular formula is C19H23ClN6O. The number of para-hydroxylation sites is 2. The molecule has 0 saturated carbocycles. The maximum absolute atomic E-state index is 5.58. The molecule has 0 bridgehead atoms. The summed E-state index contributed by atoms with van der Waals surface area (Å²) in [6.45, 7) is 3.41. The van der Waals surface area contributed by atoms with E-state index in [2.05, 4.69) is 37.9 Å². The number of rotatable bonds is 5. The number of benzene rings is 2. The predicted octanol–water partition coefficient (Wildman–Crippen LogP) is 2.24. The van der Waals surface area contributed by atoms with Crippen molar-refractivity contribution in [2.75, 3.05) is 26.7 Å². The van der Waals surface area contributed by atoms with Crippen molar-refractivity contribution < 1.29 is 4.74 Å². The van der Waals surface area contributed by atoms with E-state index in [4.69, 9.17) is 4.74 Å². The maximum atomic E-state index is 5.58. The van der Waals surface area contributed by atoms with Crippen LogP contribution in [0.2, 0.25) is 0 Å². The summed E-state index contributed by atoms with van der Waals surface area (Å²) in [5, 5.41) is 15.8. The van der Waals surface area contributed by atoms with Crippen molar-refractivity contribution in [1.29, 1.82) is 0 Å². The van der Waals surface area contributed by atoms with Crippen LogP contribution in [0.3, 0.4) is 0 Å². The first kappa shape index (κ1) is 19.3. The van der Waals surface area contributed by atoms with Crippen molar-refractivity contribution in [1.82, 2.24) is 30.4 Å². The van der Waals surface area contributed by atoms with Gasteiger partial charge in [-0.1, -0.05) is 36.4 Å². The molecule has 1 atom stereocenters. The molecule has 1 aromatic heterocycles. The lowest BCUT2D eigenvalue weighted by molar-refractivity contribution is 0.146. The molecule has 2 aromatic carbocycles. The highest BCUT2D eigenvalue weighted by molar-refractivity contribution is 5.85. The number of hydrogen-bond acceptors (Lipinski definition) is 6. The predicted molar refractivity (Wildman–Crippen MR) is 105 cm³/mol. The third-order valence-electron chi connectivity index (χ3n) is 4.73. The minimum absolute atomic E-state index is 0. The average molecular weight is 387 g/mol. The molecular weight excluding hydrogens is 364 g/mol.